The molecule has 0 saturated carbocycles. The lowest BCUT2D eigenvalue weighted by atomic mass is 10.1. The number of nitrogens with zero attached hydrogens (tertiary/aromatic N) is 3. The minimum Gasteiger partial charge on any atom is -0.383 e. The van der Waals surface area contributed by atoms with E-state index in [1.165, 1.54) is 20.6 Å². The third-order valence-corrected chi connectivity index (χ3v) is 6.46. The zero-order valence-corrected chi connectivity index (χ0v) is 19.7. The lowest BCUT2D eigenvalue weighted by Gasteiger charge is -2.30. The Morgan fingerprint density at radius 2 is 1.89 bits per heavy atom. The number of likely N-dealkylation sites (N-methyl/N-ethyl adjacent to an activating group) is 1. The van der Waals surface area contributed by atoms with Gasteiger partial charge in [-0.15, -0.1) is 6.42 Å². The third kappa shape index (κ3) is 4.91. The molecule has 0 aliphatic heterocycles. The number of rotatable bonds is 8. The molecule has 0 saturated heterocycles. The molecule has 0 radical (unpaired) electrons. The zero-order chi connectivity index (χ0) is 24.9. The molecule has 3 aromatic rings. The Kier molecular flexibility index (Phi) is 7.18. The SMILES string of the molecule is C#CCN(CC(=O)N(CC)c1c(N)n(Cc2ccccc2)c(=O)[nH]c1=O)C1CCc2ccccc21. The van der Waals surface area contributed by atoms with Gasteiger partial charge in [0.25, 0.3) is 5.56 Å². The van der Waals surface area contributed by atoms with Gasteiger partial charge in [-0.2, -0.15) is 0 Å². The predicted molar refractivity (Wildman–Crippen MR) is 137 cm³/mol. The third-order valence-electron chi connectivity index (χ3n) is 6.46. The fourth-order valence-corrected chi connectivity index (χ4v) is 4.79. The van der Waals surface area contributed by atoms with E-state index >= 15 is 0 Å². The van der Waals surface area contributed by atoms with E-state index in [1.54, 1.807) is 6.92 Å². The molecule has 1 unspecified atom stereocenters. The van der Waals surface area contributed by atoms with Crippen molar-refractivity contribution < 1.29 is 4.79 Å². The normalized spacial score (nSPS) is 14.5. The van der Waals surface area contributed by atoms with Crippen LogP contribution in [0.25, 0.3) is 0 Å². The molecule has 1 amide bonds. The smallest absolute Gasteiger partial charge is 0.330 e. The summed E-state index contributed by atoms with van der Waals surface area (Å²) in [6.07, 6.45) is 7.43. The van der Waals surface area contributed by atoms with Crippen molar-refractivity contribution in [1.82, 2.24) is 14.5 Å². The summed E-state index contributed by atoms with van der Waals surface area (Å²) in [5, 5.41) is 0. The molecule has 35 heavy (non-hydrogen) atoms. The zero-order valence-electron chi connectivity index (χ0n) is 19.7. The summed E-state index contributed by atoms with van der Waals surface area (Å²) in [6, 6.07) is 17.5. The van der Waals surface area contributed by atoms with E-state index in [-0.39, 0.29) is 43.1 Å². The Labute approximate surface area is 204 Å². The fourth-order valence-electron chi connectivity index (χ4n) is 4.79. The topological polar surface area (TPSA) is 104 Å². The summed E-state index contributed by atoms with van der Waals surface area (Å²) in [4.78, 5) is 44.5. The maximum Gasteiger partial charge on any atom is 0.330 e. The second-order valence-electron chi connectivity index (χ2n) is 8.57. The Morgan fingerprint density at radius 3 is 2.60 bits per heavy atom. The van der Waals surface area contributed by atoms with Crippen LogP contribution in [0.2, 0.25) is 0 Å². The van der Waals surface area contributed by atoms with Crippen molar-refractivity contribution in [3.63, 3.8) is 0 Å². The summed E-state index contributed by atoms with van der Waals surface area (Å²) in [6.45, 7) is 2.46. The van der Waals surface area contributed by atoms with Crippen LogP contribution in [0.3, 0.4) is 0 Å². The van der Waals surface area contributed by atoms with Gasteiger partial charge in [-0.1, -0.05) is 60.5 Å². The van der Waals surface area contributed by atoms with Crippen LogP contribution in [0.4, 0.5) is 11.5 Å². The summed E-state index contributed by atoms with van der Waals surface area (Å²) in [5.74, 6) is 2.30. The number of nitrogens with one attached hydrogen (secondary N) is 1. The first-order valence-corrected chi connectivity index (χ1v) is 11.7. The maximum atomic E-state index is 13.5. The van der Waals surface area contributed by atoms with Crippen LogP contribution in [0.5, 0.6) is 0 Å². The van der Waals surface area contributed by atoms with Crippen molar-refractivity contribution >= 4 is 17.4 Å². The number of benzene rings is 2. The van der Waals surface area contributed by atoms with Gasteiger partial charge in [0.05, 0.1) is 19.6 Å². The number of nitrogens with two attached hydrogens (primary N) is 1. The number of aromatic nitrogens is 2. The predicted octanol–water partition coefficient (Wildman–Crippen LogP) is 2.14. The first-order chi connectivity index (χ1) is 16.9. The monoisotopic (exact) mass is 471 g/mol. The van der Waals surface area contributed by atoms with Gasteiger partial charge in [0.15, 0.2) is 5.69 Å². The lowest BCUT2D eigenvalue weighted by Crippen LogP contribution is -2.45. The number of terminal acetylenes is 1. The number of fused-ring (bicyclic) bond motifs is 1. The van der Waals surface area contributed by atoms with Crippen molar-refractivity contribution in [3.05, 3.63) is 92.1 Å². The van der Waals surface area contributed by atoms with Crippen LogP contribution in [0.1, 0.15) is 36.1 Å². The first-order valence-electron chi connectivity index (χ1n) is 11.7. The van der Waals surface area contributed by atoms with Gasteiger partial charge in [0.2, 0.25) is 5.91 Å². The summed E-state index contributed by atoms with van der Waals surface area (Å²) < 4.78 is 1.27. The number of hydrogen-bond acceptors (Lipinski definition) is 5. The number of H-pyrrole nitrogens is 1. The van der Waals surface area contributed by atoms with Gasteiger partial charge in [-0.25, -0.2) is 4.79 Å². The number of aromatic amines is 1. The molecule has 8 nitrogen and oxygen atoms in total. The molecule has 1 heterocycles. The van der Waals surface area contributed by atoms with Crippen LogP contribution in [-0.2, 0) is 17.8 Å². The van der Waals surface area contributed by atoms with E-state index in [0.717, 1.165) is 18.4 Å². The average Bonchev–Trinajstić information content (AvgIpc) is 3.29. The average molecular weight is 472 g/mol. The number of hydrogen-bond donors (Lipinski definition) is 2. The molecule has 3 N–H and O–H groups in total. The summed E-state index contributed by atoms with van der Waals surface area (Å²) >= 11 is 0. The van der Waals surface area contributed by atoms with Crippen LogP contribution < -0.4 is 21.9 Å². The highest BCUT2D eigenvalue weighted by Gasteiger charge is 2.31. The second kappa shape index (κ2) is 10.5. The second-order valence-corrected chi connectivity index (χ2v) is 8.57. The highest BCUT2D eigenvalue weighted by atomic mass is 16.2. The van der Waals surface area contributed by atoms with Crippen LogP contribution in [0, 0.1) is 12.3 Å². The van der Waals surface area contributed by atoms with E-state index in [9.17, 15) is 14.4 Å². The molecule has 180 valence electrons. The number of nitrogen functional groups attached to an aromatic ring is 1. The number of anilines is 2. The minimum atomic E-state index is -0.693. The molecule has 0 fully saturated rings. The van der Waals surface area contributed by atoms with Crippen LogP contribution in [-0.4, -0.2) is 40.0 Å². The van der Waals surface area contributed by atoms with E-state index in [2.05, 4.69) is 23.0 Å². The fraction of sp³-hybridized carbons (Fsp3) is 0.296. The van der Waals surface area contributed by atoms with Gasteiger partial charge in [0, 0.05) is 12.6 Å². The largest absolute Gasteiger partial charge is 0.383 e. The number of aryl methyl sites for hydroxylation is 1. The van der Waals surface area contributed by atoms with E-state index in [0.29, 0.717) is 6.54 Å². The molecular formula is C27H29N5O3. The molecule has 1 atom stereocenters. The molecule has 1 aliphatic carbocycles. The number of carbonyl (C=O) groups is 1. The Morgan fingerprint density at radius 1 is 1.17 bits per heavy atom. The maximum absolute atomic E-state index is 13.5. The van der Waals surface area contributed by atoms with Gasteiger partial charge >= 0.3 is 5.69 Å². The van der Waals surface area contributed by atoms with Gasteiger partial charge < -0.3 is 10.6 Å². The Balaban J connectivity index is 1.64. The minimum absolute atomic E-state index is 0.0209. The molecule has 0 spiro atoms. The Bertz CT molecular complexity index is 1370. The van der Waals surface area contributed by atoms with E-state index < -0.39 is 11.2 Å². The quantitative estimate of drug-likeness (QED) is 0.490. The van der Waals surface area contributed by atoms with Gasteiger partial charge in [-0.05, 0) is 36.5 Å². The van der Waals surface area contributed by atoms with Crippen molar-refractivity contribution in [1.29, 1.82) is 0 Å². The van der Waals surface area contributed by atoms with Crippen molar-refractivity contribution in [2.45, 2.75) is 32.4 Å². The molecule has 1 aliphatic rings. The van der Waals surface area contributed by atoms with E-state index in [4.69, 9.17) is 12.2 Å². The molecule has 8 heteroatoms. The number of amides is 1. The van der Waals surface area contributed by atoms with Crippen molar-refractivity contribution in [3.8, 4) is 12.3 Å². The summed E-state index contributed by atoms with van der Waals surface area (Å²) in [5.41, 5.74) is 8.25. The molecule has 2 aromatic carbocycles. The molecule has 0 bridgehead atoms. The standard InChI is InChI=1S/C27H29N5O3/c1-3-16-30(22-15-14-20-12-8-9-13-21(20)22)18-23(33)31(4-2)24-25(28)32(27(35)29-26(24)34)17-19-10-6-5-7-11-19/h1,5-13,22H,4,14-18,28H2,2H3,(H,29,34,35). The number of carbonyl (C=O) groups excluding carboxylic acids is 1. The highest BCUT2D eigenvalue weighted by Crippen LogP contribution is 2.35. The lowest BCUT2D eigenvalue weighted by molar-refractivity contribution is -0.120. The van der Waals surface area contributed by atoms with Gasteiger partial charge in [-0.3, -0.25) is 24.0 Å². The van der Waals surface area contributed by atoms with Crippen molar-refractivity contribution in [2.75, 3.05) is 30.3 Å². The summed E-state index contributed by atoms with van der Waals surface area (Å²) in [7, 11) is 0. The van der Waals surface area contributed by atoms with E-state index in [1.807, 2.05) is 47.4 Å². The molecule has 1 aromatic heterocycles. The van der Waals surface area contributed by atoms with Gasteiger partial charge in [0.1, 0.15) is 5.82 Å². The highest BCUT2D eigenvalue weighted by molar-refractivity contribution is 5.96. The first kappa shape index (κ1) is 24.0. The molecule has 4 rings (SSSR count). The van der Waals surface area contributed by atoms with Crippen molar-refractivity contribution in [2.24, 2.45) is 0 Å². The van der Waals surface area contributed by atoms with Crippen LogP contribution in [0.15, 0.2) is 64.2 Å². The Hall–Kier alpha value is -4.09. The van der Waals surface area contributed by atoms with Crippen LogP contribution >= 0.6 is 0 Å². The molecular weight excluding hydrogens is 442 g/mol.